The largest absolute Gasteiger partial charge is 0.495 e. The molecule has 0 amide bonds. The van der Waals surface area contributed by atoms with Crippen LogP contribution < -0.4 is 15.2 Å². The molecule has 0 saturated carbocycles. The van der Waals surface area contributed by atoms with Gasteiger partial charge >= 0.3 is 0 Å². The summed E-state index contributed by atoms with van der Waals surface area (Å²) in [6, 6.07) is 3.47. The van der Waals surface area contributed by atoms with Crippen molar-refractivity contribution >= 4 is 27.5 Å². The van der Waals surface area contributed by atoms with E-state index in [0.717, 1.165) is 33.4 Å². The average molecular weight is 372 g/mol. The van der Waals surface area contributed by atoms with Gasteiger partial charge in [0.2, 0.25) is 0 Å². The molecule has 1 unspecified atom stereocenters. The monoisotopic (exact) mass is 371 g/mol. The van der Waals surface area contributed by atoms with Crippen LogP contribution in [0.3, 0.4) is 0 Å². The molecule has 7 heteroatoms. The quantitative estimate of drug-likeness (QED) is 0.843. The fourth-order valence-corrected chi connectivity index (χ4v) is 3.57. The summed E-state index contributed by atoms with van der Waals surface area (Å²) in [6.07, 6.45) is 1.88. The Morgan fingerprint density at radius 3 is 2.71 bits per heavy atom. The van der Waals surface area contributed by atoms with Gasteiger partial charge in [0, 0.05) is 5.56 Å². The van der Waals surface area contributed by atoms with Gasteiger partial charge in [0.1, 0.15) is 16.0 Å². The van der Waals surface area contributed by atoms with Crippen LogP contribution in [0.2, 0.25) is 0 Å². The van der Waals surface area contributed by atoms with Gasteiger partial charge < -0.3 is 15.2 Å². The summed E-state index contributed by atoms with van der Waals surface area (Å²) >= 11 is 4.84. The summed E-state index contributed by atoms with van der Waals surface area (Å²) in [5.74, 6) is 1.39. The van der Waals surface area contributed by atoms with Crippen molar-refractivity contribution in [1.82, 2.24) is 9.59 Å². The topological polar surface area (TPSA) is 70.3 Å². The van der Waals surface area contributed by atoms with Crippen LogP contribution in [-0.4, -0.2) is 23.8 Å². The lowest BCUT2D eigenvalue weighted by Crippen LogP contribution is -2.14. The summed E-state index contributed by atoms with van der Waals surface area (Å²) in [5.41, 5.74) is 8.26. The van der Waals surface area contributed by atoms with Crippen molar-refractivity contribution in [3.05, 3.63) is 32.7 Å². The fraction of sp³-hybridized carbons (Fsp3) is 0.429. The predicted octanol–water partition coefficient (Wildman–Crippen LogP) is 3.32. The van der Waals surface area contributed by atoms with E-state index in [4.69, 9.17) is 15.2 Å². The third-order valence-corrected chi connectivity index (χ3v) is 4.81. The van der Waals surface area contributed by atoms with E-state index >= 15 is 0 Å². The normalized spacial score (nSPS) is 12.2. The van der Waals surface area contributed by atoms with E-state index in [1.54, 1.807) is 14.2 Å². The molecular weight excluding hydrogens is 354 g/mol. The zero-order valence-corrected chi connectivity index (χ0v) is 14.6. The number of hydrogen-bond donors (Lipinski definition) is 1. The molecule has 1 aromatic carbocycles. The van der Waals surface area contributed by atoms with Crippen molar-refractivity contribution in [3.8, 4) is 11.5 Å². The number of aromatic nitrogens is 2. The third kappa shape index (κ3) is 3.20. The van der Waals surface area contributed by atoms with Crippen molar-refractivity contribution in [3.63, 3.8) is 0 Å². The lowest BCUT2D eigenvalue weighted by Gasteiger charge is -2.18. The number of ether oxygens (including phenoxy) is 2. The molecule has 2 rings (SSSR count). The molecule has 1 atom stereocenters. The molecule has 0 aliphatic carbocycles. The molecular formula is C14H18BrN3O2S. The Hall–Kier alpha value is -1.18. The number of rotatable bonds is 6. The zero-order chi connectivity index (χ0) is 15.4. The average Bonchev–Trinajstić information content (AvgIpc) is 2.94. The highest BCUT2D eigenvalue weighted by molar-refractivity contribution is 9.10. The second-order valence-corrected chi connectivity index (χ2v) is 6.09. The van der Waals surface area contributed by atoms with E-state index in [1.165, 1.54) is 11.5 Å². The van der Waals surface area contributed by atoms with Gasteiger partial charge in [-0.15, -0.1) is 5.10 Å². The van der Waals surface area contributed by atoms with E-state index in [9.17, 15) is 0 Å². The number of hydrogen-bond acceptors (Lipinski definition) is 6. The van der Waals surface area contributed by atoms with E-state index < -0.39 is 0 Å². The first-order valence-electron chi connectivity index (χ1n) is 6.61. The molecule has 2 aromatic rings. The second kappa shape index (κ2) is 7.20. The minimum atomic E-state index is -0.316. The molecule has 0 aliphatic heterocycles. The van der Waals surface area contributed by atoms with Crippen LogP contribution in [0.1, 0.15) is 35.5 Å². The number of benzene rings is 1. The minimum absolute atomic E-state index is 0.316. The zero-order valence-electron chi connectivity index (χ0n) is 12.2. The first-order valence-corrected chi connectivity index (χ1v) is 8.17. The van der Waals surface area contributed by atoms with Crippen molar-refractivity contribution in [2.24, 2.45) is 5.73 Å². The van der Waals surface area contributed by atoms with Crippen LogP contribution in [0.4, 0.5) is 0 Å². The van der Waals surface area contributed by atoms with Gasteiger partial charge in [-0.25, -0.2) is 0 Å². The number of aryl methyl sites for hydroxylation is 1. The SMILES string of the molecule is CCCc1nnsc1C(N)c1ccc(OC)c(Br)c1OC. The number of nitrogens with two attached hydrogens (primary N) is 1. The molecule has 1 aromatic heterocycles. The molecule has 0 bridgehead atoms. The van der Waals surface area contributed by atoms with Crippen LogP contribution in [-0.2, 0) is 6.42 Å². The molecule has 114 valence electrons. The van der Waals surface area contributed by atoms with Crippen LogP contribution >= 0.6 is 27.5 Å². The molecule has 5 nitrogen and oxygen atoms in total. The molecule has 0 aliphatic rings. The van der Waals surface area contributed by atoms with Gasteiger partial charge in [-0.05, 0) is 46.0 Å². The van der Waals surface area contributed by atoms with Crippen molar-refractivity contribution < 1.29 is 9.47 Å². The maximum Gasteiger partial charge on any atom is 0.141 e. The molecule has 1 heterocycles. The maximum atomic E-state index is 6.42. The summed E-state index contributed by atoms with van der Waals surface area (Å²) in [5, 5.41) is 4.18. The molecule has 0 radical (unpaired) electrons. The predicted molar refractivity (Wildman–Crippen MR) is 87.2 cm³/mol. The first-order chi connectivity index (χ1) is 10.1. The van der Waals surface area contributed by atoms with Crippen LogP contribution in [0, 0.1) is 0 Å². The summed E-state index contributed by atoms with van der Waals surface area (Å²) in [4.78, 5) is 0.979. The summed E-state index contributed by atoms with van der Waals surface area (Å²) in [7, 11) is 3.24. The van der Waals surface area contributed by atoms with Gasteiger partial charge in [0.05, 0.1) is 30.8 Å². The highest BCUT2D eigenvalue weighted by atomic mass is 79.9. The first kappa shape index (κ1) is 16.2. The summed E-state index contributed by atoms with van der Waals surface area (Å²) < 4.78 is 15.6. The fourth-order valence-electron chi connectivity index (χ4n) is 2.17. The Bertz CT molecular complexity index is 618. The third-order valence-electron chi connectivity index (χ3n) is 3.21. The van der Waals surface area contributed by atoms with Crippen molar-refractivity contribution in [2.45, 2.75) is 25.8 Å². The number of methoxy groups -OCH3 is 2. The Morgan fingerprint density at radius 1 is 1.33 bits per heavy atom. The van der Waals surface area contributed by atoms with E-state index in [-0.39, 0.29) is 6.04 Å². The Morgan fingerprint density at radius 2 is 2.10 bits per heavy atom. The number of halogens is 1. The highest BCUT2D eigenvalue weighted by Gasteiger charge is 2.23. The van der Waals surface area contributed by atoms with E-state index in [2.05, 4.69) is 32.4 Å². The Labute approximate surface area is 136 Å². The van der Waals surface area contributed by atoms with Crippen molar-refractivity contribution in [2.75, 3.05) is 14.2 Å². The van der Waals surface area contributed by atoms with Gasteiger partial charge in [0.25, 0.3) is 0 Å². The molecule has 2 N–H and O–H groups in total. The van der Waals surface area contributed by atoms with Gasteiger partial charge in [-0.2, -0.15) is 0 Å². The Balaban J connectivity index is 2.45. The second-order valence-electron chi connectivity index (χ2n) is 4.52. The lowest BCUT2D eigenvalue weighted by atomic mass is 10.0. The molecule has 0 saturated heterocycles. The highest BCUT2D eigenvalue weighted by Crippen LogP contribution is 2.41. The molecule has 21 heavy (non-hydrogen) atoms. The van der Waals surface area contributed by atoms with Gasteiger partial charge in [-0.3, -0.25) is 0 Å². The van der Waals surface area contributed by atoms with Crippen molar-refractivity contribution in [1.29, 1.82) is 0 Å². The smallest absolute Gasteiger partial charge is 0.141 e. The summed E-state index contributed by atoms with van der Waals surface area (Å²) in [6.45, 7) is 2.11. The minimum Gasteiger partial charge on any atom is -0.495 e. The Kier molecular flexibility index (Phi) is 5.55. The maximum absolute atomic E-state index is 6.42. The molecule has 0 spiro atoms. The van der Waals surface area contributed by atoms with Crippen LogP contribution in [0.25, 0.3) is 0 Å². The standard InChI is InChI=1S/C14H18BrN3O2S/c1-4-5-9-14(21-18-17-9)12(16)8-6-7-10(19-2)11(15)13(8)20-3/h6-7,12H,4-5,16H2,1-3H3. The molecule has 0 fully saturated rings. The van der Waals surface area contributed by atoms with Crippen LogP contribution in [0.15, 0.2) is 16.6 Å². The number of nitrogens with zero attached hydrogens (tertiary/aromatic N) is 2. The van der Waals surface area contributed by atoms with E-state index in [0.29, 0.717) is 11.5 Å². The van der Waals surface area contributed by atoms with Crippen LogP contribution in [0.5, 0.6) is 11.5 Å². The van der Waals surface area contributed by atoms with Gasteiger partial charge in [-0.1, -0.05) is 17.8 Å². The van der Waals surface area contributed by atoms with Gasteiger partial charge in [0.15, 0.2) is 0 Å². The van der Waals surface area contributed by atoms with E-state index in [1.807, 2.05) is 12.1 Å². The lowest BCUT2D eigenvalue weighted by molar-refractivity contribution is 0.385.